The number of aryl methyl sites for hydroxylation is 1. The van der Waals surface area contributed by atoms with E-state index in [4.69, 9.17) is 15.3 Å². The molecule has 0 radical (unpaired) electrons. The minimum absolute atomic E-state index is 0.592. The normalized spacial score (nSPS) is 14.2. The summed E-state index contributed by atoms with van der Waals surface area (Å²) >= 11 is 0. The van der Waals surface area contributed by atoms with Crippen molar-refractivity contribution >= 4 is 12.0 Å². The predicted molar refractivity (Wildman–Crippen MR) is 152 cm³/mol. The van der Waals surface area contributed by atoms with E-state index in [1.54, 1.807) is 0 Å². The molecule has 3 aromatic rings. The van der Waals surface area contributed by atoms with Gasteiger partial charge in [0.15, 0.2) is 0 Å². The Balaban J connectivity index is 0.000000934. The first kappa shape index (κ1) is 28.7. The zero-order valence-corrected chi connectivity index (χ0v) is 22.7. The van der Waals surface area contributed by atoms with E-state index in [-0.39, 0.29) is 0 Å². The summed E-state index contributed by atoms with van der Waals surface area (Å²) in [5, 5.41) is 14.0. The van der Waals surface area contributed by atoms with Gasteiger partial charge in [0.25, 0.3) is 0 Å². The van der Waals surface area contributed by atoms with Crippen molar-refractivity contribution in [3.05, 3.63) is 94.6 Å². The molecule has 38 heavy (non-hydrogen) atoms. The van der Waals surface area contributed by atoms with Crippen molar-refractivity contribution in [3.8, 4) is 6.07 Å². The number of nitriles is 1. The first-order chi connectivity index (χ1) is 18.5. The Morgan fingerprint density at radius 2 is 1.92 bits per heavy atom. The molecule has 4 rings (SSSR count). The molecular weight excluding hydrogens is 472 g/mol. The van der Waals surface area contributed by atoms with Gasteiger partial charge in [-0.15, -0.1) is 0 Å². The second kappa shape index (κ2) is 15.4. The van der Waals surface area contributed by atoms with Gasteiger partial charge >= 0.3 is 0 Å². The summed E-state index contributed by atoms with van der Waals surface area (Å²) in [6, 6.07) is 20.2. The zero-order chi connectivity index (χ0) is 27.2. The molecule has 2 heterocycles. The summed E-state index contributed by atoms with van der Waals surface area (Å²) in [6.07, 6.45) is 6.96. The molecule has 0 bridgehead atoms. The van der Waals surface area contributed by atoms with E-state index in [1.165, 1.54) is 18.4 Å². The number of hydrogen-bond donors (Lipinski definition) is 1. The van der Waals surface area contributed by atoms with Gasteiger partial charge in [0, 0.05) is 32.0 Å². The number of hydrazone groups is 1. The quantitative estimate of drug-likeness (QED) is 0.254. The molecule has 1 saturated heterocycles. The second-order valence-corrected chi connectivity index (χ2v) is 9.74. The largest absolute Gasteiger partial charge is 0.310 e. The molecule has 2 aromatic carbocycles. The molecule has 0 saturated carbocycles. The number of benzene rings is 2. The van der Waals surface area contributed by atoms with Gasteiger partial charge in [-0.3, -0.25) is 0 Å². The van der Waals surface area contributed by atoms with Crippen LogP contribution in [0.15, 0.2) is 65.9 Å². The number of aromatic nitrogens is 2. The van der Waals surface area contributed by atoms with Crippen molar-refractivity contribution in [2.45, 2.75) is 46.0 Å². The predicted octanol–water partition coefficient (Wildman–Crippen LogP) is 4.72. The summed E-state index contributed by atoms with van der Waals surface area (Å²) < 4.78 is 0. The molecule has 7 heteroatoms. The van der Waals surface area contributed by atoms with E-state index in [1.807, 2.05) is 43.5 Å². The molecule has 0 unspecified atom stereocenters. The third kappa shape index (κ3) is 9.53. The van der Waals surface area contributed by atoms with E-state index >= 15 is 0 Å². The standard InChI is InChI=1S/C28H32N6.C3H6O/c1-21-6-8-25(9-7-21)27(33-31-20-22-11-14-34(2)15-12-22)18-26-10-13-30-28(32-26)17-23-4-3-5-24(16-23)19-29;1-2-3-4/h3-10,13,16,22,31H,11-12,14-15,17-18,20H2,1-2H3;3H,2H2,1H3/b33-27+;. The summed E-state index contributed by atoms with van der Waals surface area (Å²) in [5.41, 5.74) is 9.28. The van der Waals surface area contributed by atoms with Crippen molar-refractivity contribution in [3.63, 3.8) is 0 Å². The number of carbonyl (C=O) groups excluding carboxylic acids is 1. The van der Waals surface area contributed by atoms with Gasteiger partial charge in [-0.2, -0.15) is 10.4 Å². The van der Waals surface area contributed by atoms with Crippen LogP contribution < -0.4 is 5.43 Å². The molecule has 198 valence electrons. The number of nitrogens with zero attached hydrogens (tertiary/aromatic N) is 5. The number of hydrogen-bond acceptors (Lipinski definition) is 7. The molecule has 1 N–H and O–H groups in total. The lowest BCUT2D eigenvalue weighted by Crippen LogP contribution is -2.34. The Hall–Kier alpha value is -3.89. The van der Waals surface area contributed by atoms with Gasteiger partial charge in [0.1, 0.15) is 12.1 Å². The Bertz CT molecular complexity index is 1220. The molecule has 0 atom stereocenters. The van der Waals surface area contributed by atoms with Crippen LogP contribution in [0.2, 0.25) is 0 Å². The fourth-order valence-corrected chi connectivity index (χ4v) is 4.22. The van der Waals surface area contributed by atoms with Crippen LogP contribution >= 0.6 is 0 Å². The number of likely N-dealkylation sites (tertiary alicyclic amines) is 1. The minimum Gasteiger partial charge on any atom is -0.310 e. The second-order valence-electron chi connectivity index (χ2n) is 9.74. The molecule has 0 aliphatic carbocycles. The molecule has 1 aliphatic rings. The van der Waals surface area contributed by atoms with Gasteiger partial charge in [0.2, 0.25) is 0 Å². The fourth-order valence-electron chi connectivity index (χ4n) is 4.22. The number of piperidine rings is 1. The SMILES string of the molecule is CCC=O.Cc1ccc(/C(Cc2ccnc(Cc3cccc(C#N)c3)n2)=N/NCC2CCN(C)CC2)cc1. The summed E-state index contributed by atoms with van der Waals surface area (Å²) in [4.78, 5) is 20.8. The van der Waals surface area contributed by atoms with Crippen molar-refractivity contribution in [2.75, 3.05) is 26.7 Å². The van der Waals surface area contributed by atoms with E-state index < -0.39 is 0 Å². The van der Waals surface area contributed by atoms with Crippen molar-refractivity contribution in [1.82, 2.24) is 20.3 Å². The topological polar surface area (TPSA) is 94.3 Å². The van der Waals surface area contributed by atoms with Gasteiger partial charge < -0.3 is 15.1 Å². The first-order valence-electron chi connectivity index (χ1n) is 13.3. The average Bonchev–Trinajstić information content (AvgIpc) is 2.94. The zero-order valence-electron chi connectivity index (χ0n) is 22.7. The monoisotopic (exact) mass is 510 g/mol. The van der Waals surface area contributed by atoms with Gasteiger partial charge in [-0.1, -0.05) is 48.9 Å². The third-order valence-electron chi connectivity index (χ3n) is 6.51. The summed E-state index contributed by atoms with van der Waals surface area (Å²) in [6.45, 7) is 7.11. The lowest BCUT2D eigenvalue weighted by Gasteiger charge is -2.28. The number of carbonyl (C=O) groups is 1. The van der Waals surface area contributed by atoms with Gasteiger partial charge in [0.05, 0.1) is 23.0 Å². The Morgan fingerprint density at radius 3 is 2.61 bits per heavy atom. The highest BCUT2D eigenvalue weighted by atomic mass is 16.1. The molecular formula is C31H38N6O. The Labute approximate surface area is 226 Å². The van der Waals surface area contributed by atoms with Gasteiger partial charge in [-0.05, 0) is 75.1 Å². The molecule has 1 aromatic heterocycles. The van der Waals surface area contributed by atoms with Crippen molar-refractivity contribution < 1.29 is 4.79 Å². The number of aldehydes is 1. The maximum Gasteiger partial charge on any atom is 0.132 e. The smallest absolute Gasteiger partial charge is 0.132 e. The molecule has 1 fully saturated rings. The lowest BCUT2D eigenvalue weighted by molar-refractivity contribution is -0.107. The van der Waals surface area contributed by atoms with Gasteiger partial charge in [-0.25, -0.2) is 9.97 Å². The van der Waals surface area contributed by atoms with Crippen LogP contribution in [-0.4, -0.2) is 53.5 Å². The fraction of sp³-hybridized carbons (Fsp3) is 0.387. The van der Waals surface area contributed by atoms with E-state index in [0.717, 1.165) is 54.3 Å². The highest BCUT2D eigenvalue weighted by molar-refractivity contribution is 6.01. The van der Waals surface area contributed by atoms with E-state index in [2.05, 4.69) is 59.6 Å². The lowest BCUT2D eigenvalue weighted by atomic mass is 9.97. The van der Waals surface area contributed by atoms with Crippen LogP contribution in [0.5, 0.6) is 0 Å². The van der Waals surface area contributed by atoms with E-state index in [9.17, 15) is 4.79 Å². The first-order valence-corrected chi connectivity index (χ1v) is 13.3. The minimum atomic E-state index is 0.592. The molecule has 1 aliphatic heterocycles. The van der Waals surface area contributed by atoms with Crippen LogP contribution in [0.25, 0.3) is 0 Å². The van der Waals surface area contributed by atoms with Crippen molar-refractivity contribution in [2.24, 2.45) is 11.0 Å². The maximum absolute atomic E-state index is 9.17. The number of nitrogens with one attached hydrogen (secondary N) is 1. The van der Waals surface area contributed by atoms with Crippen LogP contribution in [0.1, 0.15) is 60.0 Å². The maximum atomic E-state index is 9.17. The van der Waals surface area contributed by atoms with Crippen LogP contribution in [0.3, 0.4) is 0 Å². The Morgan fingerprint density at radius 1 is 1.18 bits per heavy atom. The summed E-state index contributed by atoms with van der Waals surface area (Å²) in [7, 11) is 2.19. The average molecular weight is 511 g/mol. The third-order valence-corrected chi connectivity index (χ3v) is 6.51. The Kier molecular flexibility index (Phi) is 11.6. The van der Waals surface area contributed by atoms with Crippen LogP contribution in [0.4, 0.5) is 0 Å². The molecule has 0 amide bonds. The summed E-state index contributed by atoms with van der Waals surface area (Å²) in [5.74, 6) is 1.41. The molecule has 7 nitrogen and oxygen atoms in total. The van der Waals surface area contributed by atoms with Crippen LogP contribution in [0, 0.1) is 24.2 Å². The highest BCUT2D eigenvalue weighted by Gasteiger charge is 2.16. The van der Waals surface area contributed by atoms with Crippen LogP contribution in [-0.2, 0) is 17.6 Å². The number of rotatable bonds is 9. The highest BCUT2D eigenvalue weighted by Crippen LogP contribution is 2.15. The van der Waals surface area contributed by atoms with E-state index in [0.29, 0.717) is 30.7 Å². The van der Waals surface area contributed by atoms with Crippen molar-refractivity contribution in [1.29, 1.82) is 5.26 Å². The molecule has 0 spiro atoms.